The van der Waals surface area contributed by atoms with Gasteiger partial charge in [-0.1, -0.05) is 6.08 Å². The molecule has 3 rings (SSSR count). The maximum absolute atomic E-state index is 12.0. The van der Waals surface area contributed by atoms with Gasteiger partial charge in [-0.05, 0) is 23.8 Å². The number of nitrogens with zero attached hydrogens (tertiary/aromatic N) is 5. The molecule has 110 valence electrons. The van der Waals surface area contributed by atoms with E-state index >= 15 is 0 Å². The zero-order valence-corrected chi connectivity index (χ0v) is 12.1. The fraction of sp³-hybridized carbons (Fsp3) is 0.133. The normalized spacial score (nSPS) is 11.4. The van der Waals surface area contributed by atoms with Crippen LogP contribution < -0.4 is 11.2 Å². The molecule has 7 heteroatoms. The number of pyridine rings is 1. The molecule has 3 aromatic heterocycles. The lowest BCUT2D eigenvalue weighted by atomic mass is 10.2. The smallest absolute Gasteiger partial charge is 0.279 e. The maximum Gasteiger partial charge on any atom is 0.332 e. The van der Waals surface area contributed by atoms with Crippen LogP contribution in [-0.2, 0) is 14.1 Å². The van der Waals surface area contributed by atoms with E-state index in [1.807, 2.05) is 18.2 Å². The van der Waals surface area contributed by atoms with Gasteiger partial charge in [-0.2, -0.15) is 0 Å². The van der Waals surface area contributed by atoms with E-state index in [0.29, 0.717) is 5.69 Å². The molecule has 0 radical (unpaired) electrons. The lowest BCUT2D eigenvalue weighted by molar-refractivity contribution is 0.704. The number of fused-ring (bicyclic) bond motifs is 1. The van der Waals surface area contributed by atoms with Crippen LogP contribution in [0.1, 0.15) is 11.3 Å². The molecule has 0 saturated carbocycles. The van der Waals surface area contributed by atoms with Crippen LogP contribution in [-0.4, -0.2) is 24.1 Å². The number of aromatic nitrogens is 5. The quantitative estimate of drug-likeness (QED) is 0.691. The Hall–Kier alpha value is -3.09. The second-order valence-electron chi connectivity index (χ2n) is 4.79. The predicted octanol–water partition coefficient (Wildman–Crippen LogP) is 0.593. The molecule has 22 heavy (non-hydrogen) atoms. The van der Waals surface area contributed by atoms with Gasteiger partial charge in [-0.3, -0.25) is 18.9 Å². The Bertz CT molecular complexity index is 986. The lowest BCUT2D eigenvalue weighted by Gasteiger charge is -2.06. The van der Waals surface area contributed by atoms with Crippen LogP contribution in [0.15, 0.2) is 40.3 Å². The highest BCUT2D eigenvalue weighted by atomic mass is 16.2. The van der Waals surface area contributed by atoms with Crippen LogP contribution in [0.5, 0.6) is 0 Å². The number of rotatable bonds is 2. The molecule has 0 aliphatic carbocycles. The summed E-state index contributed by atoms with van der Waals surface area (Å²) < 4.78 is 2.33. The van der Waals surface area contributed by atoms with Crippen molar-refractivity contribution >= 4 is 23.3 Å². The summed E-state index contributed by atoms with van der Waals surface area (Å²) in [5, 5.41) is 0. The highest BCUT2D eigenvalue weighted by Crippen LogP contribution is 2.07. The van der Waals surface area contributed by atoms with E-state index < -0.39 is 11.2 Å². The molecule has 3 aromatic rings. The number of aryl methyl sites for hydroxylation is 1. The van der Waals surface area contributed by atoms with Crippen molar-refractivity contribution in [2.24, 2.45) is 14.1 Å². The van der Waals surface area contributed by atoms with Gasteiger partial charge in [-0.25, -0.2) is 14.8 Å². The highest BCUT2D eigenvalue weighted by Gasteiger charge is 2.10. The van der Waals surface area contributed by atoms with Gasteiger partial charge in [0.15, 0.2) is 11.2 Å². The molecule has 0 aliphatic rings. The zero-order valence-electron chi connectivity index (χ0n) is 12.1. The molecule has 0 aromatic carbocycles. The lowest BCUT2D eigenvalue weighted by Crippen LogP contribution is -2.37. The summed E-state index contributed by atoms with van der Waals surface area (Å²) in [5.74, 6) is 0. The first-order chi connectivity index (χ1) is 10.6. The second-order valence-corrected chi connectivity index (χ2v) is 4.79. The summed E-state index contributed by atoms with van der Waals surface area (Å²) in [6.45, 7) is 0. The van der Waals surface area contributed by atoms with Crippen molar-refractivity contribution in [3.05, 3.63) is 62.8 Å². The first-order valence-electron chi connectivity index (χ1n) is 6.59. The van der Waals surface area contributed by atoms with E-state index in [4.69, 9.17) is 0 Å². The van der Waals surface area contributed by atoms with E-state index in [2.05, 4.69) is 15.0 Å². The average Bonchev–Trinajstić information content (AvgIpc) is 2.57. The van der Waals surface area contributed by atoms with E-state index in [1.165, 1.54) is 17.8 Å². The van der Waals surface area contributed by atoms with Crippen LogP contribution >= 0.6 is 0 Å². The van der Waals surface area contributed by atoms with Gasteiger partial charge in [0, 0.05) is 26.5 Å². The summed E-state index contributed by atoms with van der Waals surface area (Å²) in [4.78, 5) is 36.4. The van der Waals surface area contributed by atoms with Crippen LogP contribution in [0.4, 0.5) is 0 Å². The minimum atomic E-state index is -0.449. The Balaban J connectivity index is 2.13. The molecule has 0 bridgehead atoms. The van der Waals surface area contributed by atoms with Gasteiger partial charge in [0.2, 0.25) is 0 Å². The zero-order chi connectivity index (χ0) is 15.7. The Kier molecular flexibility index (Phi) is 3.38. The van der Waals surface area contributed by atoms with Crippen molar-refractivity contribution in [1.29, 1.82) is 0 Å². The molecule has 0 saturated heterocycles. The summed E-state index contributed by atoms with van der Waals surface area (Å²) >= 11 is 0. The van der Waals surface area contributed by atoms with E-state index in [9.17, 15) is 9.59 Å². The monoisotopic (exact) mass is 295 g/mol. The third kappa shape index (κ3) is 2.32. The van der Waals surface area contributed by atoms with Crippen LogP contribution in [0.2, 0.25) is 0 Å². The molecule has 0 N–H and O–H groups in total. The molecule has 3 heterocycles. The van der Waals surface area contributed by atoms with Crippen LogP contribution in [0.25, 0.3) is 23.3 Å². The van der Waals surface area contributed by atoms with Gasteiger partial charge < -0.3 is 0 Å². The van der Waals surface area contributed by atoms with E-state index in [0.717, 1.165) is 10.1 Å². The largest absolute Gasteiger partial charge is 0.332 e. The van der Waals surface area contributed by atoms with Crippen molar-refractivity contribution in [2.45, 2.75) is 0 Å². The third-order valence-corrected chi connectivity index (χ3v) is 3.32. The first kappa shape index (κ1) is 13.9. The van der Waals surface area contributed by atoms with Gasteiger partial charge in [0.25, 0.3) is 5.56 Å². The third-order valence-electron chi connectivity index (χ3n) is 3.32. The van der Waals surface area contributed by atoms with Gasteiger partial charge in [-0.15, -0.1) is 0 Å². The Morgan fingerprint density at radius 2 is 1.77 bits per heavy atom. The molecule has 0 fully saturated rings. The molecule has 0 amide bonds. The number of hydrogen-bond donors (Lipinski definition) is 0. The molecular formula is C15H13N5O2. The summed E-state index contributed by atoms with van der Waals surface area (Å²) in [6, 6.07) is 3.72. The van der Waals surface area contributed by atoms with Crippen LogP contribution in [0, 0.1) is 0 Å². The minimum absolute atomic E-state index is 0.172. The maximum atomic E-state index is 12.0. The highest BCUT2D eigenvalue weighted by molar-refractivity contribution is 5.73. The topological polar surface area (TPSA) is 82.7 Å². The Morgan fingerprint density at radius 1 is 1.05 bits per heavy atom. The van der Waals surface area contributed by atoms with Crippen molar-refractivity contribution in [1.82, 2.24) is 24.1 Å². The molecule has 7 nitrogen and oxygen atoms in total. The number of hydrogen-bond acceptors (Lipinski definition) is 5. The molecule has 0 atom stereocenters. The first-order valence-corrected chi connectivity index (χ1v) is 6.59. The fourth-order valence-electron chi connectivity index (χ4n) is 2.08. The van der Waals surface area contributed by atoms with Crippen LogP contribution in [0.3, 0.4) is 0 Å². The minimum Gasteiger partial charge on any atom is -0.279 e. The Morgan fingerprint density at radius 3 is 2.50 bits per heavy atom. The predicted molar refractivity (Wildman–Crippen MR) is 83.2 cm³/mol. The van der Waals surface area contributed by atoms with Crippen molar-refractivity contribution in [3.8, 4) is 0 Å². The van der Waals surface area contributed by atoms with Crippen molar-refractivity contribution in [2.75, 3.05) is 0 Å². The van der Waals surface area contributed by atoms with Gasteiger partial charge in [0.05, 0.1) is 11.9 Å². The Labute approximate surface area is 125 Å². The SMILES string of the molecule is Cn1c(=O)c2ncc(C=Cc3ccncc3)nc2n(C)c1=O. The fourth-order valence-corrected chi connectivity index (χ4v) is 2.08. The molecule has 0 spiro atoms. The van der Waals surface area contributed by atoms with Crippen molar-refractivity contribution in [3.63, 3.8) is 0 Å². The summed E-state index contributed by atoms with van der Waals surface area (Å²) in [6.07, 6.45) is 8.52. The second kappa shape index (κ2) is 5.36. The molecule has 0 aliphatic heterocycles. The summed E-state index contributed by atoms with van der Waals surface area (Å²) in [7, 11) is 2.98. The molecular weight excluding hydrogens is 282 g/mol. The van der Waals surface area contributed by atoms with Gasteiger partial charge in [0.1, 0.15) is 0 Å². The van der Waals surface area contributed by atoms with Gasteiger partial charge >= 0.3 is 5.69 Å². The molecule has 0 unspecified atom stereocenters. The van der Waals surface area contributed by atoms with E-state index in [1.54, 1.807) is 25.5 Å². The van der Waals surface area contributed by atoms with Crippen molar-refractivity contribution < 1.29 is 0 Å². The van der Waals surface area contributed by atoms with E-state index in [-0.39, 0.29) is 11.2 Å². The summed E-state index contributed by atoms with van der Waals surface area (Å²) in [5.41, 5.74) is 1.09. The average molecular weight is 295 g/mol. The standard InChI is InChI=1S/C15H13N5O2/c1-19-13-12(14(21)20(2)15(19)22)17-9-11(18-13)4-3-10-5-7-16-8-6-10/h3-9H,1-2H3.